The van der Waals surface area contributed by atoms with E-state index in [1.54, 1.807) is 20.1 Å². The molecule has 1 rings (SSSR count). The predicted octanol–water partition coefficient (Wildman–Crippen LogP) is 3.28. The molecular weight excluding hydrogens is 255 g/mol. The van der Waals surface area contributed by atoms with Gasteiger partial charge in [-0.3, -0.25) is 0 Å². The Bertz CT molecular complexity index is 384. The van der Waals surface area contributed by atoms with Gasteiger partial charge in [0, 0.05) is 32.4 Å². The first-order valence-corrected chi connectivity index (χ1v) is 7.24. The number of hydrogen-bond donors (Lipinski definition) is 1. The van der Waals surface area contributed by atoms with Gasteiger partial charge < -0.3 is 15.0 Å². The molecule has 114 valence electrons. The average molecular weight is 282 g/mol. The summed E-state index contributed by atoms with van der Waals surface area (Å²) in [5.74, 6) is -0.144. The molecule has 0 aliphatic rings. The zero-order valence-electron chi connectivity index (χ0n) is 13.3. The monoisotopic (exact) mass is 282 g/mol. The summed E-state index contributed by atoms with van der Waals surface area (Å²) in [4.78, 5) is 2.12. The summed E-state index contributed by atoms with van der Waals surface area (Å²) < 4.78 is 19.0. The lowest BCUT2D eigenvalue weighted by molar-refractivity contribution is 0.206. The minimum Gasteiger partial charge on any atom is -0.383 e. The van der Waals surface area contributed by atoms with Gasteiger partial charge in [-0.15, -0.1) is 0 Å². The van der Waals surface area contributed by atoms with Crippen LogP contribution < -0.4 is 10.2 Å². The maximum Gasteiger partial charge on any atom is 0.126 e. The fourth-order valence-corrected chi connectivity index (χ4v) is 2.18. The largest absolute Gasteiger partial charge is 0.383 e. The highest BCUT2D eigenvalue weighted by Gasteiger charge is 2.16. The van der Waals surface area contributed by atoms with Gasteiger partial charge in [0.1, 0.15) is 5.82 Å². The first-order chi connectivity index (χ1) is 9.51. The van der Waals surface area contributed by atoms with Crippen LogP contribution in [0.4, 0.5) is 10.1 Å². The lowest BCUT2D eigenvalue weighted by Crippen LogP contribution is -2.27. The summed E-state index contributed by atoms with van der Waals surface area (Å²) >= 11 is 0. The number of hydrogen-bond acceptors (Lipinski definition) is 3. The summed E-state index contributed by atoms with van der Waals surface area (Å²) in [6.45, 7) is 8.38. The maximum atomic E-state index is 13.9. The first kappa shape index (κ1) is 16.9. The Labute approximate surface area is 122 Å². The number of ether oxygens (including phenoxy) is 1. The zero-order chi connectivity index (χ0) is 15.1. The van der Waals surface area contributed by atoms with Gasteiger partial charge in [0.25, 0.3) is 0 Å². The van der Waals surface area contributed by atoms with E-state index in [1.165, 1.54) is 0 Å². The fraction of sp³-hybridized carbons (Fsp3) is 0.625. The Balaban J connectivity index is 3.03. The second-order valence-electron chi connectivity index (χ2n) is 5.25. The number of aryl methyl sites for hydroxylation is 1. The minimum atomic E-state index is -0.144. The van der Waals surface area contributed by atoms with Crippen molar-refractivity contribution >= 4 is 5.69 Å². The number of methoxy groups -OCH3 is 1. The highest BCUT2D eigenvalue weighted by Crippen LogP contribution is 2.28. The second kappa shape index (κ2) is 8.22. The van der Waals surface area contributed by atoms with E-state index in [2.05, 4.69) is 24.1 Å². The Kier molecular flexibility index (Phi) is 6.96. The van der Waals surface area contributed by atoms with Crippen LogP contribution in [0.25, 0.3) is 0 Å². The molecule has 0 saturated heterocycles. The van der Waals surface area contributed by atoms with Gasteiger partial charge in [0.15, 0.2) is 0 Å². The van der Waals surface area contributed by atoms with Crippen molar-refractivity contribution in [1.29, 1.82) is 0 Å². The molecule has 1 unspecified atom stereocenters. The van der Waals surface area contributed by atoms with E-state index in [0.717, 1.165) is 30.8 Å². The number of halogens is 1. The second-order valence-corrected chi connectivity index (χ2v) is 5.25. The SMILES string of the molecule is CCCNC(C)c1cc(F)c(C)cc1N(C)CCOC. The van der Waals surface area contributed by atoms with Gasteiger partial charge in [0.2, 0.25) is 0 Å². The maximum absolute atomic E-state index is 13.9. The Hall–Kier alpha value is -1.13. The lowest BCUT2D eigenvalue weighted by atomic mass is 10.0. The van der Waals surface area contributed by atoms with Gasteiger partial charge in [0.05, 0.1) is 6.61 Å². The van der Waals surface area contributed by atoms with Crippen molar-refractivity contribution in [2.75, 3.05) is 38.8 Å². The van der Waals surface area contributed by atoms with E-state index in [1.807, 2.05) is 13.1 Å². The number of rotatable bonds is 8. The third-order valence-corrected chi connectivity index (χ3v) is 3.52. The van der Waals surface area contributed by atoms with Crippen LogP contribution in [0.3, 0.4) is 0 Å². The molecule has 3 nitrogen and oxygen atoms in total. The summed E-state index contributed by atoms with van der Waals surface area (Å²) in [5, 5.41) is 3.42. The molecule has 1 atom stereocenters. The van der Waals surface area contributed by atoms with Crippen LogP contribution in [0.15, 0.2) is 12.1 Å². The molecule has 4 heteroatoms. The van der Waals surface area contributed by atoms with E-state index in [4.69, 9.17) is 4.74 Å². The van der Waals surface area contributed by atoms with Gasteiger partial charge in [-0.1, -0.05) is 6.92 Å². The molecule has 0 spiro atoms. The van der Waals surface area contributed by atoms with Crippen molar-refractivity contribution in [2.45, 2.75) is 33.2 Å². The van der Waals surface area contributed by atoms with Gasteiger partial charge in [-0.05, 0) is 50.1 Å². The molecule has 0 heterocycles. The van der Waals surface area contributed by atoms with E-state index in [9.17, 15) is 4.39 Å². The molecule has 0 aliphatic heterocycles. The van der Waals surface area contributed by atoms with Gasteiger partial charge in [-0.25, -0.2) is 4.39 Å². The van der Waals surface area contributed by atoms with Crippen molar-refractivity contribution in [1.82, 2.24) is 5.32 Å². The summed E-state index contributed by atoms with van der Waals surface area (Å²) in [7, 11) is 3.71. The van der Waals surface area contributed by atoms with Crippen molar-refractivity contribution < 1.29 is 9.13 Å². The predicted molar refractivity (Wildman–Crippen MR) is 83.0 cm³/mol. The van der Waals surface area contributed by atoms with E-state index in [0.29, 0.717) is 12.2 Å². The molecule has 20 heavy (non-hydrogen) atoms. The standard InChI is InChI=1S/C16H27FN2O/c1-6-7-18-13(3)14-11-15(17)12(2)10-16(14)19(4)8-9-20-5/h10-11,13,18H,6-9H2,1-5H3. The fourth-order valence-electron chi connectivity index (χ4n) is 2.18. The molecule has 1 aromatic carbocycles. The van der Waals surface area contributed by atoms with Crippen LogP contribution in [0, 0.1) is 12.7 Å². The minimum absolute atomic E-state index is 0.130. The summed E-state index contributed by atoms with van der Waals surface area (Å²) in [5.41, 5.74) is 2.74. The third-order valence-electron chi connectivity index (χ3n) is 3.52. The van der Waals surface area contributed by atoms with Gasteiger partial charge >= 0.3 is 0 Å². The summed E-state index contributed by atoms with van der Waals surface area (Å²) in [6, 6.07) is 3.70. The van der Waals surface area contributed by atoms with Crippen molar-refractivity contribution in [3.05, 3.63) is 29.1 Å². The topological polar surface area (TPSA) is 24.5 Å². The van der Waals surface area contributed by atoms with E-state index in [-0.39, 0.29) is 11.9 Å². The average Bonchev–Trinajstić information content (AvgIpc) is 2.44. The molecule has 1 aromatic rings. The van der Waals surface area contributed by atoms with Gasteiger partial charge in [-0.2, -0.15) is 0 Å². The highest BCUT2D eigenvalue weighted by molar-refractivity contribution is 5.56. The van der Waals surface area contributed by atoms with Crippen molar-refractivity contribution in [2.24, 2.45) is 0 Å². The zero-order valence-corrected chi connectivity index (χ0v) is 13.3. The first-order valence-electron chi connectivity index (χ1n) is 7.24. The molecule has 0 aliphatic carbocycles. The molecule has 0 bridgehead atoms. The third kappa shape index (κ3) is 4.46. The molecule has 1 N–H and O–H groups in total. The molecule has 0 aromatic heterocycles. The molecule has 0 radical (unpaired) electrons. The van der Waals surface area contributed by atoms with Crippen LogP contribution in [0.5, 0.6) is 0 Å². The molecule has 0 saturated carbocycles. The molecule has 0 fully saturated rings. The lowest BCUT2D eigenvalue weighted by Gasteiger charge is -2.26. The van der Waals surface area contributed by atoms with Crippen LogP contribution >= 0.6 is 0 Å². The normalized spacial score (nSPS) is 12.5. The number of nitrogens with zero attached hydrogens (tertiary/aromatic N) is 1. The Morgan fingerprint density at radius 3 is 2.70 bits per heavy atom. The van der Waals surface area contributed by atoms with Crippen molar-refractivity contribution in [3.63, 3.8) is 0 Å². The smallest absolute Gasteiger partial charge is 0.126 e. The molecular formula is C16H27FN2O. The van der Waals surface area contributed by atoms with Crippen LogP contribution in [0.2, 0.25) is 0 Å². The van der Waals surface area contributed by atoms with Crippen LogP contribution in [0.1, 0.15) is 37.4 Å². The number of benzene rings is 1. The summed E-state index contributed by atoms with van der Waals surface area (Å²) in [6.07, 6.45) is 1.06. The highest BCUT2D eigenvalue weighted by atomic mass is 19.1. The van der Waals surface area contributed by atoms with E-state index < -0.39 is 0 Å². The van der Waals surface area contributed by atoms with Crippen molar-refractivity contribution in [3.8, 4) is 0 Å². The Morgan fingerprint density at radius 2 is 2.10 bits per heavy atom. The number of nitrogens with one attached hydrogen (secondary N) is 1. The number of likely N-dealkylation sites (N-methyl/N-ethyl adjacent to an activating group) is 1. The quantitative estimate of drug-likeness (QED) is 0.792. The Morgan fingerprint density at radius 1 is 1.40 bits per heavy atom. The van der Waals surface area contributed by atoms with Crippen LogP contribution in [-0.2, 0) is 4.74 Å². The van der Waals surface area contributed by atoms with E-state index >= 15 is 0 Å². The molecule has 0 amide bonds. The van der Waals surface area contributed by atoms with Crippen LogP contribution in [-0.4, -0.2) is 33.9 Å². The number of anilines is 1.